The van der Waals surface area contributed by atoms with Gasteiger partial charge >= 0.3 is 6.03 Å². The Bertz CT molecular complexity index is 865. The van der Waals surface area contributed by atoms with E-state index < -0.39 is 0 Å². The minimum Gasteiger partial charge on any atom is -0.493 e. The van der Waals surface area contributed by atoms with Crippen LogP contribution in [-0.4, -0.2) is 58.1 Å². The van der Waals surface area contributed by atoms with E-state index in [1.54, 1.807) is 26.4 Å². The summed E-state index contributed by atoms with van der Waals surface area (Å²) in [7, 11) is 3.25. The van der Waals surface area contributed by atoms with Crippen molar-refractivity contribution in [2.45, 2.75) is 0 Å². The van der Waals surface area contributed by atoms with Gasteiger partial charge in [-0.1, -0.05) is 0 Å². The Labute approximate surface area is 163 Å². The van der Waals surface area contributed by atoms with Gasteiger partial charge in [-0.2, -0.15) is 0 Å². The average Bonchev–Trinajstić information content (AvgIpc) is 3.21. The zero-order valence-corrected chi connectivity index (χ0v) is 15.9. The predicted octanol–water partition coefficient (Wildman–Crippen LogP) is 2.79. The lowest BCUT2D eigenvalue weighted by Gasteiger charge is -2.36. The minimum absolute atomic E-state index is 0.120. The maximum atomic E-state index is 12.6. The molecule has 4 rings (SSSR count). The van der Waals surface area contributed by atoms with Crippen molar-refractivity contribution in [3.8, 4) is 23.0 Å². The normalized spacial score (nSPS) is 15.4. The smallest absolute Gasteiger partial charge is 0.321 e. The molecule has 2 aliphatic rings. The summed E-state index contributed by atoms with van der Waals surface area (Å²) >= 11 is 0. The highest BCUT2D eigenvalue weighted by Gasteiger charge is 2.23. The van der Waals surface area contributed by atoms with E-state index >= 15 is 0 Å². The second-order valence-electron chi connectivity index (χ2n) is 6.51. The van der Waals surface area contributed by atoms with Gasteiger partial charge < -0.3 is 34.1 Å². The van der Waals surface area contributed by atoms with Crippen molar-refractivity contribution >= 4 is 17.4 Å². The van der Waals surface area contributed by atoms with Crippen LogP contribution in [0.15, 0.2) is 36.4 Å². The Morgan fingerprint density at radius 2 is 1.68 bits per heavy atom. The molecule has 1 saturated heterocycles. The lowest BCUT2D eigenvalue weighted by molar-refractivity contribution is 0.174. The Hall–Kier alpha value is -3.29. The van der Waals surface area contributed by atoms with Crippen molar-refractivity contribution in [3.63, 3.8) is 0 Å². The third kappa shape index (κ3) is 3.58. The van der Waals surface area contributed by atoms with Crippen molar-refractivity contribution in [3.05, 3.63) is 36.4 Å². The SMILES string of the molecule is COc1ccc(N2CCN(C(=O)Nc3ccc4c(c3)OCO4)CC2)cc1OC. The topological polar surface area (TPSA) is 72.5 Å². The zero-order valence-electron chi connectivity index (χ0n) is 15.9. The molecular formula is C20H23N3O5. The molecule has 2 aromatic carbocycles. The highest BCUT2D eigenvalue weighted by Crippen LogP contribution is 2.34. The number of hydrogen-bond donors (Lipinski definition) is 1. The number of ether oxygens (including phenoxy) is 4. The molecule has 1 fully saturated rings. The molecule has 0 unspecified atom stereocenters. The molecule has 0 aromatic heterocycles. The molecule has 2 aliphatic heterocycles. The first-order chi connectivity index (χ1) is 13.7. The summed E-state index contributed by atoms with van der Waals surface area (Å²) in [5, 5.41) is 2.93. The monoisotopic (exact) mass is 385 g/mol. The van der Waals surface area contributed by atoms with Crippen LogP contribution in [0.3, 0.4) is 0 Å². The van der Waals surface area contributed by atoms with Gasteiger partial charge in [0.2, 0.25) is 6.79 Å². The number of carbonyl (C=O) groups is 1. The third-order valence-corrected chi connectivity index (χ3v) is 4.92. The number of urea groups is 1. The first-order valence-electron chi connectivity index (χ1n) is 9.10. The second-order valence-corrected chi connectivity index (χ2v) is 6.51. The highest BCUT2D eigenvalue weighted by atomic mass is 16.7. The van der Waals surface area contributed by atoms with E-state index in [0.717, 1.165) is 18.8 Å². The number of piperazine rings is 1. The van der Waals surface area contributed by atoms with Gasteiger partial charge in [0.15, 0.2) is 23.0 Å². The van der Waals surface area contributed by atoms with Crippen molar-refractivity contribution in [2.75, 3.05) is 57.4 Å². The maximum Gasteiger partial charge on any atom is 0.321 e. The molecule has 0 bridgehead atoms. The minimum atomic E-state index is -0.120. The van der Waals surface area contributed by atoms with Crippen LogP contribution in [0.4, 0.5) is 16.2 Å². The van der Waals surface area contributed by atoms with E-state index in [1.807, 2.05) is 29.2 Å². The molecule has 0 spiro atoms. The van der Waals surface area contributed by atoms with Gasteiger partial charge in [0.05, 0.1) is 14.2 Å². The van der Waals surface area contributed by atoms with Crippen LogP contribution >= 0.6 is 0 Å². The highest BCUT2D eigenvalue weighted by molar-refractivity contribution is 5.90. The van der Waals surface area contributed by atoms with E-state index in [-0.39, 0.29) is 12.8 Å². The van der Waals surface area contributed by atoms with Crippen LogP contribution < -0.4 is 29.2 Å². The fourth-order valence-corrected chi connectivity index (χ4v) is 3.37. The number of fused-ring (bicyclic) bond motifs is 1. The third-order valence-electron chi connectivity index (χ3n) is 4.92. The predicted molar refractivity (Wildman–Crippen MR) is 105 cm³/mol. The molecule has 2 heterocycles. The Morgan fingerprint density at radius 1 is 0.929 bits per heavy atom. The van der Waals surface area contributed by atoms with Gasteiger partial charge in [-0.15, -0.1) is 0 Å². The number of nitrogens with zero attached hydrogens (tertiary/aromatic N) is 2. The summed E-state index contributed by atoms with van der Waals surface area (Å²) in [6.45, 7) is 2.95. The summed E-state index contributed by atoms with van der Waals surface area (Å²) in [5.74, 6) is 2.74. The van der Waals surface area contributed by atoms with E-state index in [2.05, 4.69) is 10.2 Å². The molecule has 0 saturated carbocycles. The fraction of sp³-hybridized carbons (Fsp3) is 0.350. The molecule has 8 heteroatoms. The quantitative estimate of drug-likeness (QED) is 0.873. The van der Waals surface area contributed by atoms with Crippen LogP contribution in [-0.2, 0) is 0 Å². The molecule has 0 atom stereocenters. The summed E-state index contributed by atoms with van der Waals surface area (Å²) in [6.07, 6.45) is 0. The summed E-state index contributed by atoms with van der Waals surface area (Å²) in [4.78, 5) is 16.6. The molecular weight excluding hydrogens is 362 g/mol. The zero-order chi connectivity index (χ0) is 19.5. The Morgan fingerprint density at radius 3 is 2.43 bits per heavy atom. The molecule has 2 amide bonds. The number of benzene rings is 2. The van der Waals surface area contributed by atoms with Gasteiger partial charge in [-0.05, 0) is 24.3 Å². The molecule has 0 radical (unpaired) electrons. The number of rotatable bonds is 4. The standard InChI is InChI=1S/C20H23N3O5/c1-25-16-6-4-15(12-18(16)26-2)22-7-9-23(10-8-22)20(24)21-14-3-5-17-19(11-14)28-13-27-17/h3-6,11-12H,7-10,13H2,1-2H3,(H,21,24). The van der Waals surface area contributed by atoms with E-state index in [9.17, 15) is 4.79 Å². The summed E-state index contributed by atoms with van der Waals surface area (Å²) < 4.78 is 21.3. The molecule has 8 nitrogen and oxygen atoms in total. The molecule has 28 heavy (non-hydrogen) atoms. The van der Waals surface area contributed by atoms with Gasteiger partial charge in [0, 0.05) is 49.7 Å². The van der Waals surface area contributed by atoms with Crippen LogP contribution in [0, 0.1) is 0 Å². The summed E-state index contributed by atoms with van der Waals surface area (Å²) in [5.41, 5.74) is 1.74. The van der Waals surface area contributed by atoms with Crippen LogP contribution in [0.1, 0.15) is 0 Å². The van der Waals surface area contributed by atoms with Crippen molar-refractivity contribution in [1.82, 2.24) is 4.90 Å². The van der Waals surface area contributed by atoms with E-state index in [4.69, 9.17) is 18.9 Å². The van der Waals surface area contributed by atoms with Gasteiger partial charge in [0.25, 0.3) is 0 Å². The lowest BCUT2D eigenvalue weighted by atomic mass is 10.2. The molecule has 1 N–H and O–H groups in total. The fourth-order valence-electron chi connectivity index (χ4n) is 3.37. The van der Waals surface area contributed by atoms with Crippen molar-refractivity contribution in [2.24, 2.45) is 0 Å². The summed E-state index contributed by atoms with van der Waals surface area (Å²) in [6, 6.07) is 11.1. The lowest BCUT2D eigenvalue weighted by Crippen LogP contribution is -2.50. The van der Waals surface area contributed by atoms with Gasteiger partial charge in [0.1, 0.15) is 0 Å². The van der Waals surface area contributed by atoms with Crippen LogP contribution in [0.5, 0.6) is 23.0 Å². The van der Waals surface area contributed by atoms with Crippen LogP contribution in [0.2, 0.25) is 0 Å². The van der Waals surface area contributed by atoms with Gasteiger partial charge in [-0.25, -0.2) is 4.79 Å². The molecule has 2 aromatic rings. The number of hydrogen-bond acceptors (Lipinski definition) is 6. The largest absolute Gasteiger partial charge is 0.493 e. The second kappa shape index (κ2) is 7.75. The van der Waals surface area contributed by atoms with E-state index in [0.29, 0.717) is 41.8 Å². The Kier molecular flexibility index (Phi) is 5.01. The average molecular weight is 385 g/mol. The first-order valence-corrected chi connectivity index (χ1v) is 9.10. The molecule has 0 aliphatic carbocycles. The number of methoxy groups -OCH3 is 2. The maximum absolute atomic E-state index is 12.6. The number of amides is 2. The Balaban J connectivity index is 1.35. The van der Waals surface area contributed by atoms with Gasteiger partial charge in [-0.3, -0.25) is 0 Å². The number of anilines is 2. The number of nitrogens with one attached hydrogen (secondary N) is 1. The van der Waals surface area contributed by atoms with Crippen molar-refractivity contribution in [1.29, 1.82) is 0 Å². The van der Waals surface area contributed by atoms with Crippen molar-refractivity contribution < 1.29 is 23.7 Å². The first kappa shape index (κ1) is 18.1. The number of carbonyl (C=O) groups excluding carboxylic acids is 1. The molecule has 148 valence electrons. The van der Waals surface area contributed by atoms with Crippen LogP contribution in [0.25, 0.3) is 0 Å². The van der Waals surface area contributed by atoms with E-state index in [1.165, 1.54) is 0 Å².